The summed E-state index contributed by atoms with van der Waals surface area (Å²) in [4.78, 5) is 7.75. The Morgan fingerprint density at radius 2 is 1.24 bits per heavy atom. The maximum atomic E-state index is 7.75. The second-order valence-corrected chi connectivity index (χ2v) is 20.2. The fraction of sp³-hybridized carbons (Fsp3) is 0.708. The van der Waals surface area contributed by atoms with Crippen LogP contribution in [0.25, 0.3) is 5.32 Å². The number of rotatable bonds is 3. The standard InChI is InChI=1S/C23H42NP2.CHO.Ru.H/c1-20(2,3)25(21(4,5)6)16-18-14-13-15-19(24-18)17-26(22(7,8)9)23(10,11)12;1-2;;/h13-16H,17H2,1-12H3;1H;;/q2*-1;+2;/p+2. The quantitative estimate of drug-likeness (QED) is 0.160. The Kier molecular flexibility index (Phi) is 12.6. The second-order valence-electron chi connectivity index (χ2n) is 11.8. The van der Waals surface area contributed by atoms with E-state index in [-0.39, 0.29) is 19.5 Å². The van der Waals surface area contributed by atoms with Gasteiger partial charge in [-0.3, -0.25) is 6.79 Å². The zero-order valence-corrected chi connectivity index (χ0v) is 24.7. The van der Waals surface area contributed by atoms with Gasteiger partial charge in [0, 0.05) is 21.7 Å². The molecule has 29 heavy (non-hydrogen) atoms. The van der Waals surface area contributed by atoms with E-state index in [0.29, 0.717) is 20.6 Å². The first-order valence-corrected chi connectivity index (χ1v) is 13.5. The molecule has 0 saturated carbocycles. The Hall–Kier alpha value is 0.173. The van der Waals surface area contributed by atoms with E-state index in [1.54, 1.807) is 0 Å². The van der Waals surface area contributed by atoms with Crippen LogP contribution in [-0.2, 0) is 24.3 Å². The van der Waals surface area contributed by atoms with Crippen molar-refractivity contribution in [2.45, 2.75) is 104 Å². The van der Waals surface area contributed by atoms with Crippen LogP contribution in [0.15, 0.2) is 35.4 Å². The summed E-state index contributed by atoms with van der Waals surface area (Å²) < 4.78 is 0. The molecule has 0 unspecified atom stereocenters. The van der Waals surface area contributed by atoms with E-state index in [2.05, 4.69) is 114 Å². The summed E-state index contributed by atoms with van der Waals surface area (Å²) in [7, 11) is -1.30. The van der Waals surface area contributed by atoms with Crippen molar-refractivity contribution in [3.05, 3.63) is 40.8 Å². The summed E-state index contributed by atoms with van der Waals surface area (Å²) in [6.07, 6.45) is 7.79. The molecule has 0 amide bonds. The van der Waals surface area contributed by atoms with E-state index in [1.165, 1.54) is 11.4 Å². The molecule has 1 rings (SSSR count). The van der Waals surface area contributed by atoms with E-state index in [4.69, 9.17) is 10.1 Å². The molecule has 0 aromatic heterocycles. The van der Waals surface area contributed by atoms with Gasteiger partial charge in [0.15, 0.2) is 0 Å². The molecule has 0 N–H and O–H groups in total. The van der Waals surface area contributed by atoms with Gasteiger partial charge in [0.1, 0.15) is 0 Å². The van der Waals surface area contributed by atoms with Crippen molar-refractivity contribution in [2.24, 2.45) is 0 Å². The van der Waals surface area contributed by atoms with Crippen molar-refractivity contribution < 1.29 is 24.3 Å². The average Bonchev–Trinajstić information content (AvgIpc) is 2.48. The van der Waals surface area contributed by atoms with Crippen LogP contribution in [0.4, 0.5) is 0 Å². The summed E-state index contributed by atoms with van der Waals surface area (Å²) in [5.41, 5.74) is 2.46. The van der Waals surface area contributed by atoms with Gasteiger partial charge in [0.25, 0.3) is 0 Å². The number of hydrogen-bond donors (Lipinski definition) is 0. The Balaban J connectivity index is 0. The van der Waals surface area contributed by atoms with Crippen LogP contribution >= 0.6 is 15.8 Å². The van der Waals surface area contributed by atoms with Crippen LogP contribution < -0.4 is 0 Å². The van der Waals surface area contributed by atoms with Crippen molar-refractivity contribution in [1.29, 1.82) is 0 Å². The summed E-state index contributed by atoms with van der Waals surface area (Å²) >= 11 is 0. The second kappa shape index (κ2) is 11.7. The average molecular weight is 528 g/mol. The molecule has 1 heterocycles. The van der Waals surface area contributed by atoms with E-state index < -0.39 is 15.8 Å². The van der Waals surface area contributed by atoms with Gasteiger partial charge in [-0.05, 0) is 83.1 Å². The van der Waals surface area contributed by atoms with Crippen LogP contribution in [0.3, 0.4) is 0 Å². The predicted molar refractivity (Wildman–Crippen MR) is 137 cm³/mol. The molecule has 1 aliphatic rings. The first kappa shape index (κ1) is 31.4. The van der Waals surface area contributed by atoms with Crippen LogP contribution in [0, 0.1) is 0 Å². The van der Waals surface area contributed by atoms with Gasteiger partial charge in [0.2, 0.25) is 0 Å². The van der Waals surface area contributed by atoms with Crippen LogP contribution in [0.5, 0.6) is 0 Å². The van der Waals surface area contributed by atoms with Crippen molar-refractivity contribution in [1.82, 2.24) is 0 Å². The minimum atomic E-state index is -0.708. The first-order chi connectivity index (χ1) is 12.4. The summed E-state index contributed by atoms with van der Waals surface area (Å²) in [6.45, 7) is 32.0. The molecule has 1 aliphatic heterocycles. The molecule has 0 fully saturated rings. The number of carbonyl (C=O) groups excluding carboxylic acids is 1. The number of allylic oxidation sites excluding steroid dienone is 4. The Morgan fingerprint density at radius 3 is 1.59 bits per heavy atom. The van der Waals surface area contributed by atoms with E-state index >= 15 is 0 Å². The fourth-order valence-corrected chi connectivity index (χ4v) is 11.7. The Morgan fingerprint density at radius 1 is 0.828 bits per heavy atom. The Bertz CT molecular complexity index is 568. The molecule has 0 atom stereocenters. The van der Waals surface area contributed by atoms with Crippen molar-refractivity contribution >= 4 is 22.6 Å². The van der Waals surface area contributed by atoms with Gasteiger partial charge in [0.05, 0.1) is 26.8 Å². The summed E-state index contributed by atoms with van der Waals surface area (Å²) in [5, 5.41) is 6.50. The summed E-state index contributed by atoms with van der Waals surface area (Å²) in [6, 6.07) is 0. The monoisotopic (exact) mass is 528 g/mol. The van der Waals surface area contributed by atoms with Gasteiger partial charge in [-0.25, -0.2) is 0 Å². The Labute approximate surface area is 197 Å². The van der Waals surface area contributed by atoms with Gasteiger partial charge in [-0.2, -0.15) is 0 Å². The molecular weight excluding hydrogens is 481 g/mol. The SMILES string of the molecule is CC(C)(C)[PH+](C=C1C=CC=C(C[PH+](C(C)(C)C)C(C)(C)C)[N-]1)C(C)(C)C.[CH-]=O.[RuH+2]. The van der Waals surface area contributed by atoms with Gasteiger partial charge in [-0.1, -0.05) is 18.2 Å². The molecule has 0 saturated heterocycles. The maximum absolute atomic E-state index is 7.75. The van der Waals surface area contributed by atoms with Crippen molar-refractivity contribution in [3.8, 4) is 0 Å². The first-order valence-electron chi connectivity index (χ1n) is 10.2. The minimum absolute atomic E-state index is 0. The van der Waals surface area contributed by atoms with Crippen molar-refractivity contribution in [2.75, 3.05) is 6.16 Å². The van der Waals surface area contributed by atoms with Crippen LogP contribution in [0.1, 0.15) is 83.1 Å². The zero-order valence-electron chi connectivity index (χ0n) is 20.8. The fourth-order valence-electron chi connectivity index (χ4n) is 4.22. The topological polar surface area (TPSA) is 31.2 Å². The molecule has 0 spiro atoms. The predicted octanol–water partition coefficient (Wildman–Crippen LogP) is 7.73. The van der Waals surface area contributed by atoms with E-state index in [1.807, 2.05) is 0 Å². The molecule has 0 aliphatic carbocycles. The molecule has 169 valence electrons. The zero-order chi connectivity index (χ0) is 22.6. The molecule has 2 nitrogen and oxygen atoms in total. The number of hydrogen-bond acceptors (Lipinski definition) is 1. The molecule has 0 aromatic rings. The van der Waals surface area contributed by atoms with Crippen LogP contribution in [-0.4, -0.2) is 33.6 Å². The summed E-state index contributed by atoms with van der Waals surface area (Å²) in [5.74, 6) is 2.51. The molecule has 0 bridgehead atoms. The molecule has 0 aromatic carbocycles. The molecule has 5 heteroatoms. The third-order valence-corrected chi connectivity index (χ3v) is 13.1. The van der Waals surface area contributed by atoms with E-state index in [0.717, 1.165) is 6.16 Å². The van der Waals surface area contributed by atoms with Gasteiger partial charge < -0.3 is 10.1 Å². The third-order valence-electron chi connectivity index (χ3n) is 4.91. The molecular formula is C24H46NOP2Ru+2. The van der Waals surface area contributed by atoms with Gasteiger partial charge in [-0.15, -0.1) is 11.4 Å². The number of nitrogens with zero attached hydrogens (tertiary/aromatic N) is 1. The van der Waals surface area contributed by atoms with Gasteiger partial charge >= 0.3 is 19.5 Å². The molecule has 0 radical (unpaired) electrons. The van der Waals surface area contributed by atoms with Crippen molar-refractivity contribution in [3.63, 3.8) is 0 Å². The normalized spacial score (nSPS) is 16.8. The van der Waals surface area contributed by atoms with Crippen LogP contribution in [0.2, 0.25) is 0 Å². The van der Waals surface area contributed by atoms with E-state index in [9.17, 15) is 0 Å². The third kappa shape index (κ3) is 10.9.